The number of fused-ring (bicyclic) bond motifs is 2. The summed E-state index contributed by atoms with van der Waals surface area (Å²) < 4.78 is 24.3. The highest BCUT2D eigenvalue weighted by Gasteiger charge is 2.35. The number of anilines is 2. The third kappa shape index (κ3) is 3.13. The molecule has 3 unspecified atom stereocenters. The van der Waals surface area contributed by atoms with Gasteiger partial charge in [-0.2, -0.15) is 8.42 Å². The van der Waals surface area contributed by atoms with E-state index in [1.807, 2.05) is 6.07 Å². The first-order chi connectivity index (χ1) is 9.49. The molecule has 1 aromatic carbocycles. The smallest absolute Gasteiger partial charge is 0.296 e. The Morgan fingerprint density at radius 1 is 1.20 bits per heavy atom. The second-order valence-electron chi connectivity index (χ2n) is 5.65. The van der Waals surface area contributed by atoms with Crippen LogP contribution in [-0.4, -0.2) is 15.0 Å². The molecule has 2 bridgehead atoms. The molecular weight excluding hydrogens is 274 g/mol. The molecule has 5 nitrogen and oxygen atoms in total. The van der Waals surface area contributed by atoms with E-state index >= 15 is 0 Å². The molecule has 0 aliphatic heterocycles. The number of rotatable bonds is 5. The van der Waals surface area contributed by atoms with Gasteiger partial charge < -0.3 is 5.32 Å². The lowest BCUT2D eigenvalue weighted by Crippen LogP contribution is -2.22. The van der Waals surface area contributed by atoms with E-state index in [0.717, 1.165) is 18.2 Å². The minimum atomic E-state index is -3.72. The highest BCUT2D eigenvalue weighted by molar-refractivity contribution is 7.90. The molecule has 3 atom stereocenters. The van der Waals surface area contributed by atoms with Crippen LogP contribution in [0.3, 0.4) is 0 Å². The molecule has 6 heteroatoms. The number of nitrogens with two attached hydrogens (primary N) is 1. The lowest BCUT2D eigenvalue weighted by molar-refractivity contribution is 0.472. The van der Waals surface area contributed by atoms with Crippen molar-refractivity contribution in [1.82, 2.24) is 0 Å². The van der Waals surface area contributed by atoms with Crippen LogP contribution in [0.25, 0.3) is 0 Å². The minimum absolute atomic E-state index is 0.477. The van der Waals surface area contributed by atoms with Gasteiger partial charge in [0, 0.05) is 12.2 Å². The SMILES string of the molecule is NS(=O)(=O)Nc1cccc(NCC2CC3C=CC2C3)c1. The highest BCUT2D eigenvalue weighted by atomic mass is 32.2. The first kappa shape index (κ1) is 13.5. The first-order valence-electron chi connectivity index (χ1n) is 6.82. The molecule has 2 aliphatic carbocycles. The number of nitrogens with one attached hydrogen (secondary N) is 2. The summed E-state index contributed by atoms with van der Waals surface area (Å²) in [5, 5.41) is 8.35. The van der Waals surface area contributed by atoms with E-state index in [4.69, 9.17) is 5.14 Å². The fourth-order valence-electron chi connectivity index (χ4n) is 3.24. The van der Waals surface area contributed by atoms with E-state index < -0.39 is 10.2 Å². The molecule has 0 radical (unpaired) electrons. The second kappa shape index (κ2) is 5.10. The van der Waals surface area contributed by atoms with Crippen LogP contribution in [0.5, 0.6) is 0 Å². The standard InChI is InChI=1S/C14H19N3O2S/c15-20(18,19)17-14-3-1-2-13(8-14)16-9-12-7-10-4-5-11(12)6-10/h1-5,8,10-12,16-17H,6-7,9H2,(H2,15,18,19). The van der Waals surface area contributed by atoms with E-state index in [1.165, 1.54) is 12.8 Å². The van der Waals surface area contributed by atoms with Crippen molar-refractivity contribution in [2.24, 2.45) is 22.9 Å². The summed E-state index contributed by atoms with van der Waals surface area (Å²) in [7, 11) is -3.72. The van der Waals surface area contributed by atoms with Gasteiger partial charge in [0.2, 0.25) is 0 Å². The maximum absolute atomic E-state index is 11.0. The molecule has 0 heterocycles. The summed E-state index contributed by atoms with van der Waals surface area (Å²) in [5.41, 5.74) is 1.38. The molecule has 1 saturated carbocycles. The normalized spacial score (nSPS) is 27.8. The Morgan fingerprint density at radius 2 is 2.00 bits per heavy atom. The van der Waals surface area contributed by atoms with Crippen molar-refractivity contribution in [3.05, 3.63) is 36.4 Å². The summed E-state index contributed by atoms with van der Waals surface area (Å²) >= 11 is 0. The maximum atomic E-state index is 11.0. The quantitative estimate of drug-likeness (QED) is 0.725. The molecule has 1 fully saturated rings. The number of allylic oxidation sites excluding steroid dienone is 2. The van der Waals surface area contributed by atoms with E-state index in [1.54, 1.807) is 18.2 Å². The number of benzene rings is 1. The van der Waals surface area contributed by atoms with Gasteiger partial charge in [-0.05, 0) is 48.8 Å². The van der Waals surface area contributed by atoms with Crippen LogP contribution in [0.1, 0.15) is 12.8 Å². The molecule has 1 aromatic rings. The molecule has 2 aliphatic rings. The van der Waals surface area contributed by atoms with Crippen molar-refractivity contribution in [3.8, 4) is 0 Å². The Kier molecular flexibility index (Phi) is 3.43. The molecule has 108 valence electrons. The van der Waals surface area contributed by atoms with Crippen molar-refractivity contribution in [3.63, 3.8) is 0 Å². The topological polar surface area (TPSA) is 84.2 Å². The average Bonchev–Trinajstić information content (AvgIpc) is 2.97. The Balaban J connectivity index is 1.60. The third-order valence-corrected chi connectivity index (χ3v) is 4.63. The Labute approximate surface area is 119 Å². The Bertz CT molecular complexity index is 627. The molecule has 3 rings (SSSR count). The van der Waals surface area contributed by atoms with Gasteiger partial charge in [0.1, 0.15) is 0 Å². The Morgan fingerprint density at radius 3 is 2.65 bits per heavy atom. The van der Waals surface area contributed by atoms with Crippen LogP contribution in [0.2, 0.25) is 0 Å². The summed E-state index contributed by atoms with van der Waals surface area (Å²) in [6.07, 6.45) is 7.21. The van der Waals surface area contributed by atoms with Crippen LogP contribution in [0.15, 0.2) is 36.4 Å². The van der Waals surface area contributed by atoms with Crippen molar-refractivity contribution in [1.29, 1.82) is 0 Å². The van der Waals surface area contributed by atoms with Crippen molar-refractivity contribution in [2.75, 3.05) is 16.6 Å². The van der Waals surface area contributed by atoms with Gasteiger partial charge in [0.05, 0.1) is 5.69 Å². The monoisotopic (exact) mass is 293 g/mol. The van der Waals surface area contributed by atoms with Gasteiger partial charge in [-0.3, -0.25) is 4.72 Å². The second-order valence-corrected chi connectivity index (χ2v) is 6.94. The zero-order valence-corrected chi connectivity index (χ0v) is 11.9. The fourth-order valence-corrected chi connectivity index (χ4v) is 3.69. The van der Waals surface area contributed by atoms with Crippen LogP contribution in [0, 0.1) is 17.8 Å². The third-order valence-electron chi connectivity index (χ3n) is 4.11. The number of hydrogen-bond acceptors (Lipinski definition) is 3. The Hall–Kier alpha value is -1.53. The minimum Gasteiger partial charge on any atom is -0.385 e. The largest absolute Gasteiger partial charge is 0.385 e. The van der Waals surface area contributed by atoms with E-state index in [2.05, 4.69) is 22.2 Å². The van der Waals surface area contributed by atoms with Crippen LogP contribution in [-0.2, 0) is 10.2 Å². The van der Waals surface area contributed by atoms with E-state index in [-0.39, 0.29) is 0 Å². The maximum Gasteiger partial charge on any atom is 0.296 e. The van der Waals surface area contributed by atoms with Crippen molar-refractivity contribution in [2.45, 2.75) is 12.8 Å². The van der Waals surface area contributed by atoms with Gasteiger partial charge in [0.25, 0.3) is 10.2 Å². The fraction of sp³-hybridized carbons (Fsp3) is 0.429. The summed E-state index contributed by atoms with van der Waals surface area (Å²) in [6, 6.07) is 7.16. The molecule has 4 N–H and O–H groups in total. The van der Waals surface area contributed by atoms with Crippen LogP contribution in [0.4, 0.5) is 11.4 Å². The lowest BCUT2D eigenvalue weighted by atomic mass is 9.93. The molecule has 20 heavy (non-hydrogen) atoms. The summed E-state index contributed by atoms with van der Waals surface area (Å²) in [5.74, 6) is 2.15. The van der Waals surface area contributed by atoms with Gasteiger partial charge in [0.15, 0.2) is 0 Å². The zero-order chi connectivity index (χ0) is 14.2. The molecule has 0 amide bonds. The van der Waals surface area contributed by atoms with Gasteiger partial charge in [-0.1, -0.05) is 18.2 Å². The number of hydrogen-bond donors (Lipinski definition) is 3. The van der Waals surface area contributed by atoms with E-state index in [0.29, 0.717) is 17.5 Å². The zero-order valence-electron chi connectivity index (χ0n) is 11.1. The lowest BCUT2D eigenvalue weighted by Gasteiger charge is -2.19. The van der Waals surface area contributed by atoms with E-state index in [9.17, 15) is 8.42 Å². The molecule has 0 aromatic heterocycles. The van der Waals surface area contributed by atoms with Gasteiger partial charge in [-0.15, -0.1) is 0 Å². The van der Waals surface area contributed by atoms with Gasteiger partial charge >= 0.3 is 0 Å². The molecule has 0 saturated heterocycles. The predicted octanol–water partition coefficient (Wildman–Crippen LogP) is 1.93. The first-order valence-corrected chi connectivity index (χ1v) is 8.37. The summed E-state index contributed by atoms with van der Waals surface area (Å²) in [4.78, 5) is 0. The average molecular weight is 293 g/mol. The van der Waals surface area contributed by atoms with Crippen molar-refractivity contribution < 1.29 is 8.42 Å². The van der Waals surface area contributed by atoms with Crippen LogP contribution < -0.4 is 15.2 Å². The van der Waals surface area contributed by atoms with Gasteiger partial charge in [-0.25, -0.2) is 5.14 Å². The predicted molar refractivity (Wildman–Crippen MR) is 80.5 cm³/mol. The molecule has 0 spiro atoms. The summed E-state index contributed by atoms with van der Waals surface area (Å²) in [6.45, 7) is 0.921. The highest BCUT2D eigenvalue weighted by Crippen LogP contribution is 2.43. The van der Waals surface area contributed by atoms with Crippen molar-refractivity contribution >= 4 is 21.6 Å². The molecular formula is C14H19N3O2S. The van der Waals surface area contributed by atoms with Crippen LogP contribution >= 0.6 is 0 Å².